The van der Waals surface area contributed by atoms with Crippen LogP contribution in [0.5, 0.6) is 0 Å². The van der Waals surface area contributed by atoms with Gasteiger partial charge < -0.3 is 41.0 Å². The highest BCUT2D eigenvalue weighted by molar-refractivity contribution is 7.23. The maximum absolute atomic E-state index is 13.8. The van der Waals surface area contributed by atoms with Crippen LogP contribution in [-0.4, -0.2) is 86.7 Å². The zero-order valence-electron chi connectivity index (χ0n) is 42.7. The van der Waals surface area contributed by atoms with Gasteiger partial charge in [0.05, 0.1) is 33.5 Å². The quantitative estimate of drug-likeness (QED) is 0.0912. The number of rotatable bonds is 11. The number of carbonyl (C=O) groups excluding carboxylic acids is 4. The van der Waals surface area contributed by atoms with Gasteiger partial charge in [0.2, 0.25) is 11.8 Å². The molecule has 2 aliphatic heterocycles. The van der Waals surface area contributed by atoms with Crippen molar-refractivity contribution in [2.45, 2.75) is 138 Å². The first-order valence-corrected chi connectivity index (χ1v) is 27.3. The van der Waals surface area contributed by atoms with Crippen molar-refractivity contribution in [3.8, 4) is 21.1 Å². The number of nitrogens with two attached hydrogens (primary N) is 1. The predicted octanol–water partition coefficient (Wildman–Crippen LogP) is 12.5. The van der Waals surface area contributed by atoms with E-state index in [2.05, 4.69) is 48.3 Å². The van der Waals surface area contributed by atoms with E-state index >= 15 is 0 Å². The number of thiophene rings is 2. The number of thiazole rings is 2. The lowest BCUT2D eigenvalue weighted by atomic mass is 10.0. The highest BCUT2D eigenvalue weighted by Crippen LogP contribution is 2.47. The monoisotopic (exact) mass is 1060 g/mol. The molecule has 0 spiro atoms. The molecule has 20 heteroatoms. The molecule has 6 aromatic rings. The lowest BCUT2D eigenvalue weighted by Gasteiger charge is -2.30. The molecular formula is C52H66F2N8O6S4. The number of carbonyl (C=O) groups is 4. The van der Waals surface area contributed by atoms with Crippen LogP contribution in [0.4, 0.5) is 28.4 Å². The molecule has 388 valence electrons. The lowest BCUT2D eigenvalue weighted by Crippen LogP contribution is -2.39. The standard InChI is InChI=1S/C26H33FN4O3S2.C22H22FN3O3S2.C4H11N/c1-6-15(2)28-11-9-21(32)30-24-22(23-29-18-13-16(27)7-8-19(18)35-23)17-10-12-31(14-20(17)36-24)25(33)34-26(3,4)5;1-5-17(27)25-20-18(19-24-14-10-12(23)6-7-15(14)30-19)13-8-9-26(11-16(13)31-20)21(28)29-22(2,3)4;1-3-4(2)5/h7-8,13,15,28H,6,9-12,14H2,1-5H3,(H,30,32);5-7,10H,1,8-9,11H2,2-4H3,(H,25,27);4H,3,5H2,1-2H3/t15-;;4-/m0.0/s1. The van der Waals surface area contributed by atoms with Crippen molar-refractivity contribution >= 4 is 99.8 Å². The van der Waals surface area contributed by atoms with Crippen LogP contribution in [0.2, 0.25) is 0 Å². The molecule has 2 aromatic carbocycles. The van der Waals surface area contributed by atoms with Gasteiger partial charge in [0.15, 0.2) is 0 Å². The third-order valence-electron chi connectivity index (χ3n) is 11.3. The lowest BCUT2D eigenvalue weighted by molar-refractivity contribution is -0.116. The number of aromatic nitrogens is 2. The molecule has 0 saturated carbocycles. The topological polar surface area (TPSA) is 181 Å². The summed E-state index contributed by atoms with van der Waals surface area (Å²) in [7, 11) is 0. The maximum atomic E-state index is 13.8. The molecule has 0 fully saturated rings. The highest BCUT2D eigenvalue weighted by Gasteiger charge is 2.33. The molecule has 0 bridgehead atoms. The van der Waals surface area contributed by atoms with Crippen molar-refractivity contribution in [1.29, 1.82) is 0 Å². The van der Waals surface area contributed by atoms with E-state index in [1.54, 1.807) is 21.9 Å². The van der Waals surface area contributed by atoms with Gasteiger partial charge in [0, 0.05) is 71.2 Å². The smallest absolute Gasteiger partial charge is 0.410 e. The van der Waals surface area contributed by atoms with Crippen LogP contribution in [0.3, 0.4) is 0 Å². The fourth-order valence-corrected chi connectivity index (χ4v) is 12.1. The molecule has 6 heterocycles. The van der Waals surface area contributed by atoms with Crippen LogP contribution in [0, 0.1) is 11.6 Å². The van der Waals surface area contributed by atoms with Crippen LogP contribution < -0.4 is 21.7 Å². The third-order valence-corrected chi connectivity index (χ3v) is 15.7. The van der Waals surface area contributed by atoms with Crippen LogP contribution in [0.1, 0.15) is 109 Å². The number of amides is 4. The van der Waals surface area contributed by atoms with Crippen LogP contribution in [-0.2, 0) is 45.0 Å². The number of ether oxygens (including phenoxy) is 2. The van der Waals surface area contributed by atoms with Crippen molar-refractivity contribution in [3.63, 3.8) is 0 Å². The fourth-order valence-electron chi connectivity index (χ4n) is 7.34. The average Bonchev–Trinajstić information content (AvgIpc) is 4.09. The maximum Gasteiger partial charge on any atom is 0.410 e. The Morgan fingerprint density at radius 3 is 1.60 bits per heavy atom. The summed E-state index contributed by atoms with van der Waals surface area (Å²) in [5, 5.41) is 12.1. The molecule has 72 heavy (non-hydrogen) atoms. The third kappa shape index (κ3) is 14.9. The number of halogens is 2. The minimum absolute atomic E-state index is 0.0817. The second-order valence-corrected chi connectivity index (χ2v) is 23.9. The molecule has 5 N–H and O–H groups in total. The van der Waals surface area contributed by atoms with Gasteiger partial charge in [-0.1, -0.05) is 20.4 Å². The van der Waals surface area contributed by atoms with E-state index in [4.69, 9.17) is 20.2 Å². The van der Waals surface area contributed by atoms with E-state index in [0.717, 1.165) is 64.3 Å². The van der Waals surface area contributed by atoms with Gasteiger partial charge in [0.1, 0.15) is 42.9 Å². The van der Waals surface area contributed by atoms with Gasteiger partial charge in [-0.15, -0.1) is 45.3 Å². The molecule has 14 nitrogen and oxygen atoms in total. The largest absolute Gasteiger partial charge is 0.444 e. The van der Waals surface area contributed by atoms with Crippen molar-refractivity contribution in [2.24, 2.45) is 5.73 Å². The Hall–Kier alpha value is -5.38. The van der Waals surface area contributed by atoms with E-state index in [1.807, 2.05) is 48.5 Å². The summed E-state index contributed by atoms with van der Waals surface area (Å²) in [5.74, 6) is -1.08. The van der Waals surface area contributed by atoms with E-state index in [9.17, 15) is 28.0 Å². The number of nitrogens with one attached hydrogen (secondary N) is 3. The average molecular weight is 1070 g/mol. The molecular weight excluding hydrogens is 999 g/mol. The second kappa shape index (κ2) is 24.1. The number of benzene rings is 2. The van der Waals surface area contributed by atoms with Crippen molar-refractivity contribution in [3.05, 3.63) is 81.6 Å². The van der Waals surface area contributed by atoms with Gasteiger partial charge in [-0.3, -0.25) is 9.59 Å². The van der Waals surface area contributed by atoms with Crippen molar-refractivity contribution in [2.75, 3.05) is 30.3 Å². The fraction of sp³-hybridized carbons (Fsp3) is 0.462. The molecule has 2 aliphatic rings. The van der Waals surface area contributed by atoms with Gasteiger partial charge in [0.25, 0.3) is 0 Å². The van der Waals surface area contributed by atoms with Crippen LogP contribution >= 0.6 is 45.3 Å². The Balaban J connectivity index is 0.000000217. The Bertz CT molecular complexity index is 2910. The zero-order chi connectivity index (χ0) is 52.7. The summed E-state index contributed by atoms with van der Waals surface area (Å²) in [6.07, 6.45) is 4.16. The number of anilines is 2. The van der Waals surface area contributed by atoms with Gasteiger partial charge in [-0.05, 0) is 123 Å². The normalized spacial score (nSPS) is 14.2. The molecule has 4 amide bonds. The Morgan fingerprint density at radius 2 is 1.19 bits per heavy atom. The summed E-state index contributed by atoms with van der Waals surface area (Å²) in [5.41, 5.74) is 9.15. The van der Waals surface area contributed by atoms with E-state index < -0.39 is 11.2 Å². The van der Waals surface area contributed by atoms with Crippen molar-refractivity contribution in [1.82, 2.24) is 25.1 Å². The molecule has 0 aliphatic carbocycles. The first kappa shape index (κ1) is 55.9. The molecule has 4 aromatic heterocycles. The molecule has 0 saturated heterocycles. The summed E-state index contributed by atoms with van der Waals surface area (Å²) in [6.45, 7) is 25.3. The summed E-state index contributed by atoms with van der Waals surface area (Å²) >= 11 is 5.81. The Labute approximate surface area is 436 Å². The number of hydrogen-bond donors (Lipinski definition) is 4. The minimum atomic E-state index is -0.573. The molecule has 2 atom stereocenters. The number of nitrogens with zero attached hydrogens (tertiary/aromatic N) is 4. The molecule has 0 unspecified atom stereocenters. The van der Waals surface area contributed by atoms with Crippen LogP contribution in [0.15, 0.2) is 49.1 Å². The van der Waals surface area contributed by atoms with E-state index in [1.165, 1.54) is 75.7 Å². The Morgan fingerprint density at radius 1 is 0.750 bits per heavy atom. The van der Waals surface area contributed by atoms with E-state index in [-0.39, 0.29) is 35.6 Å². The minimum Gasteiger partial charge on any atom is -0.444 e. The highest BCUT2D eigenvalue weighted by atomic mass is 32.1. The van der Waals surface area contributed by atoms with Gasteiger partial charge >= 0.3 is 12.2 Å². The first-order chi connectivity index (χ1) is 33.9. The second-order valence-electron chi connectivity index (χ2n) is 19.6. The number of hydrogen-bond acceptors (Lipinski definition) is 14. The Kier molecular flexibility index (Phi) is 18.7. The molecule has 0 radical (unpaired) electrons. The summed E-state index contributed by atoms with van der Waals surface area (Å²) in [4.78, 5) is 64.8. The summed E-state index contributed by atoms with van der Waals surface area (Å²) in [6, 6.07) is 9.84. The van der Waals surface area contributed by atoms with E-state index in [0.29, 0.717) is 85.1 Å². The summed E-state index contributed by atoms with van der Waals surface area (Å²) < 4.78 is 40.3. The number of fused-ring (bicyclic) bond motifs is 4. The van der Waals surface area contributed by atoms with Gasteiger partial charge in [-0.25, -0.2) is 28.3 Å². The van der Waals surface area contributed by atoms with Crippen LogP contribution in [0.25, 0.3) is 41.6 Å². The van der Waals surface area contributed by atoms with Crippen molar-refractivity contribution < 1.29 is 37.4 Å². The predicted molar refractivity (Wildman–Crippen MR) is 290 cm³/mol. The zero-order valence-corrected chi connectivity index (χ0v) is 45.9. The van der Waals surface area contributed by atoms with Gasteiger partial charge in [-0.2, -0.15) is 0 Å². The SMILES string of the molecule is C=CC(=O)Nc1sc2c(c1-c1nc3cc(F)ccc3s1)CCN(C(=O)OC(C)(C)C)C2.CC[C@H](C)N.CC[C@H](C)NCCC(=O)Nc1sc2c(c1-c1nc3cc(F)ccc3s1)CCN(C(=O)OC(C)(C)C)C2. The first-order valence-electron chi connectivity index (χ1n) is 24.1. The molecule has 8 rings (SSSR count).